The number of para-hydroxylation sites is 1. The number of hydrogen-bond acceptors (Lipinski definition) is 3. The van der Waals surface area contributed by atoms with Crippen molar-refractivity contribution in [3.8, 4) is 0 Å². The minimum absolute atomic E-state index is 0.0550. The van der Waals surface area contributed by atoms with Crippen LogP contribution in [-0.4, -0.2) is 43.0 Å². The molecule has 0 bridgehead atoms. The van der Waals surface area contributed by atoms with Crippen molar-refractivity contribution in [3.05, 3.63) is 29.8 Å². The average Bonchev–Trinajstić information content (AvgIpc) is 2.38. The molecular weight excluding hydrogens is 226 g/mol. The van der Waals surface area contributed by atoms with Crippen molar-refractivity contribution in [2.75, 3.05) is 31.1 Å². The van der Waals surface area contributed by atoms with Crippen molar-refractivity contribution in [1.82, 2.24) is 4.90 Å². The molecule has 1 aliphatic rings. The van der Waals surface area contributed by atoms with Gasteiger partial charge < -0.3 is 15.5 Å². The van der Waals surface area contributed by atoms with Gasteiger partial charge in [0.05, 0.1) is 6.04 Å². The average molecular weight is 247 g/mol. The van der Waals surface area contributed by atoms with Crippen LogP contribution in [0, 0.1) is 6.92 Å². The quantitative estimate of drug-likeness (QED) is 0.848. The molecule has 1 aromatic rings. The van der Waals surface area contributed by atoms with Crippen LogP contribution in [-0.2, 0) is 4.79 Å². The standard InChI is InChI=1S/C14H21N3O/c1-11-5-3-4-6-13(11)16-7-9-17(10-8-16)14(18)12(2)15/h3-6,12H,7-10,15H2,1-2H3. The van der Waals surface area contributed by atoms with Crippen LogP contribution in [0.25, 0.3) is 0 Å². The van der Waals surface area contributed by atoms with Crippen LogP contribution in [0.3, 0.4) is 0 Å². The van der Waals surface area contributed by atoms with Crippen molar-refractivity contribution >= 4 is 11.6 Å². The van der Waals surface area contributed by atoms with Gasteiger partial charge in [-0.3, -0.25) is 4.79 Å². The molecule has 2 rings (SSSR count). The molecule has 0 radical (unpaired) electrons. The van der Waals surface area contributed by atoms with Crippen molar-refractivity contribution in [1.29, 1.82) is 0 Å². The van der Waals surface area contributed by atoms with Gasteiger partial charge in [0.1, 0.15) is 0 Å². The molecule has 0 aromatic heterocycles. The molecule has 1 heterocycles. The lowest BCUT2D eigenvalue weighted by Crippen LogP contribution is -2.52. The van der Waals surface area contributed by atoms with E-state index < -0.39 is 6.04 Å². The molecule has 1 atom stereocenters. The highest BCUT2D eigenvalue weighted by molar-refractivity contribution is 5.81. The predicted molar refractivity (Wildman–Crippen MR) is 73.6 cm³/mol. The van der Waals surface area contributed by atoms with Gasteiger partial charge in [-0.25, -0.2) is 0 Å². The fraction of sp³-hybridized carbons (Fsp3) is 0.500. The number of rotatable bonds is 2. The highest BCUT2D eigenvalue weighted by atomic mass is 16.2. The number of anilines is 1. The van der Waals surface area contributed by atoms with Gasteiger partial charge in [-0.1, -0.05) is 18.2 Å². The number of aryl methyl sites for hydroxylation is 1. The summed E-state index contributed by atoms with van der Waals surface area (Å²) in [6.45, 7) is 7.14. The van der Waals surface area contributed by atoms with Gasteiger partial charge in [0.25, 0.3) is 0 Å². The Balaban J connectivity index is 1.99. The molecular formula is C14H21N3O. The third kappa shape index (κ3) is 2.64. The number of nitrogens with zero attached hydrogens (tertiary/aromatic N) is 2. The van der Waals surface area contributed by atoms with Gasteiger partial charge in [0.2, 0.25) is 5.91 Å². The Bertz CT molecular complexity index is 423. The monoisotopic (exact) mass is 247 g/mol. The molecule has 98 valence electrons. The largest absolute Gasteiger partial charge is 0.368 e. The van der Waals surface area contributed by atoms with Gasteiger partial charge in [-0.15, -0.1) is 0 Å². The second kappa shape index (κ2) is 5.40. The van der Waals surface area contributed by atoms with Crippen LogP contribution < -0.4 is 10.6 Å². The van der Waals surface area contributed by atoms with E-state index in [9.17, 15) is 4.79 Å². The first-order valence-electron chi connectivity index (χ1n) is 6.44. The summed E-state index contributed by atoms with van der Waals surface area (Å²) in [5.41, 5.74) is 8.18. The lowest BCUT2D eigenvalue weighted by molar-refractivity contribution is -0.132. The fourth-order valence-electron chi connectivity index (χ4n) is 2.37. The van der Waals surface area contributed by atoms with Crippen LogP contribution in [0.5, 0.6) is 0 Å². The van der Waals surface area contributed by atoms with Gasteiger partial charge in [0.15, 0.2) is 0 Å². The van der Waals surface area contributed by atoms with E-state index in [2.05, 4.69) is 36.1 Å². The van der Waals surface area contributed by atoms with Gasteiger partial charge in [-0.05, 0) is 25.5 Å². The molecule has 1 fully saturated rings. The Morgan fingerprint density at radius 3 is 2.39 bits per heavy atom. The summed E-state index contributed by atoms with van der Waals surface area (Å²) < 4.78 is 0. The summed E-state index contributed by atoms with van der Waals surface area (Å²) in [6.07, 6.45) is 0. The smallest absolute Gasteiger partial charge is 0.239 e. The first kappa shape index (κ1) is 12.9. The third-order valence-corrected chi connectivity index (χ3v) is 3.44. The number of carbonyl (C=O) groups excluding carboxylic acids is 1. The second-order valence-corrected chi connectivity index (χ2v) is 4.89. The van der Waals surface area contributed by atoms with Gasteiger partial charge >= 0.3 is 0 Å². The number of hydrogen-bond donors (Lipinski definition) is 1. The van der Waals surface area contributed by atoms with E-state index in [1.807, 2.05) is 4.90 Å². The number of benzene rings is 1. The maximum Gasteiger partial charge on any atom is 0.239 e. The summed E-state index contributed by atoms with van der Waals surface area (Å²) in [5.74, 6) is 0.0550. The van der Waals surface area contributed by atoms with E-state index in [4.69, 9.17) is 5.73 Å². The van der Waals surface area contributed by atoms with Crippen LogP contribution in [0.1, 0.15) is 12.5 Å². The summed E-state index contributed by atoms with van der Waals surface area (Å²) in [5, 5.41) is 0. The molecule has 1 amide bonds. The van der Waals surface area contributed by atoms with E-state index in [0.29, 0.717) is 0 Å². The van der Waals surface area contributed by atoms with Crippen LogP contribution in [0.2, 0.25) is 0 Å². The van der Waals surface area contributed by atoms with E-state index in [-0.39, 0.29) is 5.91 Å². The Kier molecular flexibility index (Phi) is 3.87. The predicted octanol–water partition coefficient (Wildman–Crippen LogP) is 0.991. The zero-order chi connectivity index (χ0) is 13.1. The Morgan fingerprint density at radius 1 is 1.22 bits per heavy atom. The van der Waals surface area contributed by atoms with E-state index in [1.165, 1.54) is 11.3 Å². The highest BCUT2D eigenvalue weighted by Crippen LogP contribution is 2.20. The van der Waals surface area contributed by atoms with Gasteiger partial charge in [0, 0.05) is 31.9 Å². The van der Waals surface area contributed by atoms with Crippen molar-refractivity contribution in [2.24, 2.45) is 5.73 Å². The molecule has 1 aromatic carbocycles. The molecule has 0 spiro atoms. The van der Waals surface area contributed by atoms with Crippen molar-refractivity contribution < 1.29 is 4.79 Å². The summed E-state index contributed by atoms with van der Waals surface area (Å²) >= 11 is 0. The molecule has 1 aliphatic heterocycles. The zero-order valence-electron chi connectivity index (χ0n) is 11.1. The van der Waals surface area contributed by atoms with E-state index in [1.54, 1.807) is 6.92 Å². The first-order chi connectivity index (χ1) is 8.59. The molecule has 0 aliphatic carbocycles. The SMILES string of the molecule is Cc1ccccc1N1CCN(C(=O)C(C)N)CC1. The third-order valence-electron chi connectivity index (χ3n) is 3.44. The Labute approximate surface area is 108 Å². The molecule has 18 heavy (non-hydrogen) atoms. The molecule has 1 unspecified atom stereocenters. The Hall–Kier alpha value is -1.55. The van der Waals surface area contributed by atoms with Crippen LogP contribution in [0.4, 0.5) is 5.69 Å². The topological polar surface area (TPSA) is 49.6 Å². The van der Waals surface area contributed by atoms with E-state index >= 15 is 0 Å². The van der Waals surface area contributed by atoms with Crippen molar-refractivity contribution in [2.45, 2.75) is 19.9 Å². The van der Waals surface area contributed by atoms with Crippen LogP contribution in [0.15, 0.2) is 24.3 Å². The molecule has 0 saturated carbocycles. The number of piperazine rings is 1. The number of nitrogens with two attached hydrogens (primary N) is 1. The highest BCUT2D eigenvalue weighted by Gasteiger charge is 2.23. The normalized spacial score (nSPS) is 17.7. The number of carbonyl (C=O) groups is 1. The van der Waals surface area contributed by atoms with Crippen molar-refractivity contribution in [3.63, 3.8) is 0 Å². The zero-order valence-corrected chi connectivity index (χ0v) is 11.1. The lowest BCUT2D eigenvalue weighted by atomic mass is 10.1. The molecule has 1 saturated heterocycles. The fourth-order valence-corrected chi connectivity index (χ4v) is 2.37. The minimum Gasteiger partial charge on any atom is -0.368 e. The number of amides is 1. The summed E-state index contributed by atoms with van der Waals surface area (Å²) in [6, 6.07) is 7.97. The molecule has 4 heteroatoms. The maximum atomic E-state index is 11.8. The Morgan fingerprint density at radius 2 is 1.83 bits per heavy atom. The first-order valence-corrected chi connectivity index (χ1v) is 6.44. The van der Waals surface area contributed by atoms with Crippen LogP contribution >= 0.6 is 0 Å². The second-order valence-electron chi connectivity index (χ2n) is 4.89. The van der Waals surface area contributed by atoms with Gasteiger partial charge in [-0.2, -0.15) is 0 Å². The summed E-state index contributed by atoms with van der Waals surface area (Å²) in [7, 11) is 0. The summed E-state index contributed by atoms with van der Waals surface area (Å²) in [4.78, 5) is 16.0. The molecule has 2 N–H and O–H groups in total. The lowest BCUT2D eigenvalue weighted by Gasteiger charge is -2.37. The van der Waals surface area contributed by atoms with E-state index in [0.717, 1.165) is 26.2 Å². The minimum atomic E-state index is -0.394. The maximum absolute atomic E-state index is 11.8. The molecule has 4 nitrogen and oxygen atoms in total.